The fourth-order valence-electron chi connectivity index (χ4n) is 3.69. The SMILES string of the molecule is N#CCCNS(=O)(=O)c1ccc(C(=O)OCC(=O)c2ccc3c(c2)-c2ccccc2C3)cc1. The molecule has 0 bridgehead atoms. The van der Waals surface area contributed by atoms with Crippen LogP contribution in [0.2, 0.25) is 0 Å². The third-order valence-corrected chi connectivity index (χ3v) is 6.86. The molecule has 0 aromatic heterocycles. The minimum atomic E-state index is -3.77. The summed E-state index contributed by atoms with van der Waals surface area (Å²) in [4.78, 5) is 24.9. The molecule has 4 rings (SSSR count). The lowest BCUT2D eigenvalue weighted by Crippen LogP contribution is -2.24. The summed E-state index contributed by atoms with van der Waals surface area (Å²) in [5.41, 5.74) is 5.08. The van der Waals surface area contributed by atoms with Gasteiger partial charge in [-0.05, 0) is 59.0 Å². The number of fused-ring (bicyclic) bond motifs is 3. The molecule has 0 spiro atoms. The minimum absolute atomic E-state index is 0.000976. The maximum absolute atomic E-state index is 12.6. The molecule has 1 aliphatic carbocycles. The average Bonchev–Trinajstić information content (AvgIpc) is 3.20. The Balaban J connectivity index is 1.39. The normalized spacial score (nSPS) is 11.8. The Morgan fingerprint density at radius 2 is 1.64 bits per heavy atom. The lowest BCUT2D eigenvalue weighted by molar-refractivity contribution is 0.0474. The second-order valence-electron chi connectivity index (χ2n) is 7.54. The predicted octanol–water partition coefficient (Wildman–Crippen LogP) is 3.49. The van der Waals surface area contributed by atoms with Gasteiger partial charge in [0.1, 0.15) is 0 Å². The number of nitriles is 1. The van der Waals surface area contributed by atoms with Gasteiger partial charge < -0.3 is 4.74 Å². The van der Waals surface area contributed by atoms with Gasteiger partial charge in [0.05, 0.1) is 16.5 Å². The van der Waals surface area contributed by atoms with Crippen LogP contribution in [0, 0.1) is 11.3 Å². The number of hydrogen-bond acceptors (Lipinski definition) is 6. The van der Waals surface area contributed by atoms with Crippen molar-refractivity contribution in [2.45, 2.75) is 17.7 Å². The number of rotatable bonds is 8. The van der Waals surface area contributed by atoms with Crippen molar-refractivity contribution in [1.82, 2.24) is 4.72 Å². The zero-order valence-electron chi connectivity index (χ0n) is 17.6. The lowest BCUT2D eigenvalue weighted by atomic mass is 10.0. The summed E-state index contributed by atoms with van der Waals surface area (Å²) in [5.74, 6) is -1.05. The van der Waals surface area contributed by atoms with Crippen LogP contribution in [0.3, 0.4) is 0 Å². The highest BCUT2D eigenvalue weighted by Crippen LogP contribution is 2.36. The molecule has 7 nitrogen and oxygen atoms in total. The summed E-state index contributed by atoms with van der Waals surface area (Å²) in [5, 5.41) is 8.51. The first-order valence-corrected chi connectivity index (χ1v) is 11.8. The Morgan fingerprint density at radius 3 is 2.39 bits per heavy atom. The highest BCUT2D eigenvalue weighted by Gasteiger charge is 2.20. The summed E-state index contributed by atoms with van der Waals surface area (Å²) in [7, 11) is -3.77. The van der Waals surface area contributed by atoms with Gasteiger partial charge in [-0.15, -0.1) is 0 Å². The van der Waals surface area contributed by atoms with Crippen LogP contribution in [0.25, 0.3) is 11.1 Å². The molecule has 0 fully saturated rings. The molecule has 0 heterocycles. The van der Waals surface area contributed by atoms with Crippen molar-refractivity contribution in [3.05, 3.63) is 89.0 Å². The molecule has 0 saturated carbocycles. The third kappa shape index (κ3) is 4.85. The van der Waals surface area contributed by atoms with Crippen LogP contribution >= 0.6 is 0 Å². The van der Waals surface area contributed by atoms with E-state index in [9.17, 15) is 18.0 Å². The van der Waals surface area contributed by atoms with Gasteiger partial charge in [-0.1, -0.05) is 36.4 Å². The second kappa shape index (κ2) is 9.36. The van der Waals surface area contributed by atoms with Gasteiger partial charge in [0.2, 0.25) is 10.0 Å². The van der Waals surface area contributed by atoms with E-state index in [0.29, 0.717) is 5.56 Å². The van der Waals surface area contributed by atoms with Gasteiger partial charge in [0.15, 0.2) is 12.4 Å². The number of ether oxygens (including phenoxy) is 1. The lowest BCUT2D eigenvalue weighted by Gasteiger charge is -2.08. The van der Waals surface area contributed by atoms with E-state index in [2.05, 4.69) is 10.8 Å². The van der Waals surface area contributed by atoms with Gasteiger partial charge in [-0.2, -0.15) is 5.26 Å². The second-order valence-corrected chi connectivity index (χ2v) is 9.30. The van der Waals surface area contributed by atoms with E-state index in [-0.39, 0.29) is 29.2 Å². The van der Waals surface area contributed by atoms with E-state index in [4.69, 9.17) is 10.00 Å². The molecule has 0 atom stereocenters. The van der Waals surface area contributed by atoms with E-state index in [1.165, 1.54) is 29.8 Å². The Morgan fingerprint density at radius 1 is 0.939 bits per heavy atom. The van der Waals surface area contributed by atoms with Crippen molar-refractivity contribution >= 4 is 21.8 Å². The number of ketones is 1. The maximum atomic E-state index is 12.6. The number of benzene rings is 3. The third-order valence-electron chi connectivity index (χ3n) is 5.38. The number of nitrogens with zero attached hydrogens (tertiary/aromatic N) is 1. The molecule has 33 heavy (non-hydrogen) atoms. The first-order valence-electron chi connectivity index (χ1n) is 10.3. The van der Waals surface area contributed by atoms with Gasteiger partial charge >= 0.3 is 5.97 Å². The van der Waals surface area contributed by atoms with E-state index in [0.717, 1.165) is 23.1 Å². The molecule has 8 heteroatoms. The number of sulfonamides is 1. The van der Waals surface area contributed by atoms with E-state index in [1.54, 1.807) is 6.07 Å². The molecular weight excluding hydrogens is 440 g/mol. The molecule has 1 aliphatic rings. The Kier molecular flexibility index (Phi) is 6.36. The highest BCUT2D eigenvalue weighted by atomic mass is 32.2. The van der Waals surface area contributed by atoms with Crippen LogP contribution in [-0.2, 0) is 21.2 Å². The number of Topliss-reactive ketones (excluding diaryl/α,β-unsaturated/α-hetero) is 1. The first kappa shape index (κ1) is 22.4. The summed E-state index contributed by atoms with van der Waals surface area (Å²) in [6.45, 7) is -0.423. The highest BCUT2D eigenvalue weighted by molar-refractivity contribution is 7.89. The molecule has 3 aromatic rings. The van der Waals surface area contributed by atoms with Crippen molar-refractivity contribution in [2.75, 3.05) is 13.2 Å². The quantitative estimate of drug-likeness (QED) is 0.245. The molecule has 0 saturated heterocycles. The number of hydrogen-bond donors (Lipinski definition) is 1. The van der Waals surface area contributed by atoms with Crippen LogP contribution in [-0.4, -0.2) is 33.3 Å². The summed E-state index contributed by atoms with van der Waals surface area (Å²) in [6.07, 6.45) is 0.878. The van der Waals surface area contributed by atoms with Crippen molar-refractivity contribution in [3.8, 4) is 17.2 Å². The van der Waals surface area contributed by atoms with Gasteiger partial charge in [0, 0.05) is 18.5 Å². The topological polar surface area (TPSA) is 113 Å². The van der Waals surface area contributed by atoms with Crippen molar-refractivity contribution < 1.29 is 22.7 Å². The Labute approximate surface area is 191 Å². The van der Waals surface area contributed by atoms with Crippen LogP contribution in [0.5, 0.6) is 0 Å². The summed E-state index contributed by atoms with van der Waals surface area (Å²) < 4.78 is 31.7. The minimum Gasteiger partial charge on any atom is -0.454 e. The van der Waals surface area contributed by atoms with E-state index in [1.807, 2.05) is 36.4 Å². The molecule has 3 aromatic carbocycles. The zero-order chi connectivity index (χ0) is 23.4. The Hall–Kier alpha value is -3.80. The fourth-order valence-corrected chi connectivity index (χ4v) is 4.72. The van der Waals surface area contributed by atoms with Crippen LogP contribution in [0.15, 0.2) is 71.6 Å². The smallest absolute Gasteiger partial charge is 0.338 e. The molecule has 0 amide bonds. The average molecular weight is 461 g/mol. The summed E-state index contributed by atoms with van der Waals surface area (Å²) >= 11 is 0. The van der Waals surface area contributed by atoms with Crippen LogP contribution < -0.4 is 4.72 Å². The molecular formula is C25H20N2O5S. The van der Waals surface area contributed by atoms with Crippen molar-refractivity contribution in [1.29, 1.82) is 5.26 Å². The number of esters is 1. The number of carbonyl (C=O) groups excluding carboxylic acids is 2. The molecule has 0 aliphatic heterocycles. The van der Waals surface area contributed by atoms with E-state index >= 15 is 0 Å². The van der Waals surface area contributed by atoms with Gasteiger partial charge in [-0.3, -0.25) is 4.79 Å². The predicted molar refractivity (Wildman–Crippen MR) is 121 cm³/mol. The largest absolute Gasteiger partial charge is 0.454 e. The van der Waals surface area contributed by atoms with Crippen molar-refractivity contribution in [2.24, 2.45) is 0 Å². The standard InChI is InChI=1S/C25H20N2O5S/c26-12-3-13-27-33(30,31)21-10-8-17(9-11-21)25(29)32-16-24(28)20-7-6-19-14-18-4-1-2-5-22(18)23(19)15-20/h1-2,4-11,15,27H,3,13-14,16H2. The maximum Gasteiger partial charge on any atom is 0.338 e. The van der Waals surface area contributed by atoms with E-state index < -0.39 is 22.6 Å². The van der Waals surface area contributed by atoms with Crippen molar-refractivity contribution in [3.63, 3.8) is 0 Å². The Bertz CT molecular complexity index is 1370. The molecule has 0 unspecified atom stereocenters. The van der Waals surface area contributed by atoms with Crippen LogP contribution in [0.4, 0.5) is 0 Å². The number of carbonyl (C=O) groups is 2. The molecule has 166 valence electrons. The monoisotopic (exact) mass is 460 g/mol. The van der Waals surface area contributed by atoms with Crippen LogP contribution in [0.1, 0.15) is 38.3 Å². The first-order chi connectivity index (χ1) is 15.9. The summed E-state index contributed by atoms with van der Waals surface area (Å²) in [6, 6.07) is 20.6. The fraction of sp³-hybridized carbons (Fsp3) is 0.160. The zero-order valence-corrected chi connectivity index (χ0v) is 18.4. The molecule has 0 radical (unpaired) electrons. The number of nitrogens with one attached hydrogen (secondary N) is 1. The molecule has 1 N–H and O–H groups in total. The van der Waals surface area contributed by atoms with Gasteiger partial charge in [0.25, 0.3) is 0 Å². The van der Waals surface area contributed by atoms with Gasteiger partial charge in [-0.25, -0.2) is 17.9 Å².